The van der Waals surface area contributed by atoms with Crippen LogP contribution < -0.4 is 5.32 Å². The molecule has 2 heterocycles. The van der Waals surface area contributed by atoms with Gasteiger partial charge in [0.1, 0.15) is 5.82 Å². The van der Waals surface area contributed by atoms with Gasteiger partial charge in [-0.3, -0.25) is 4.90 Å². The summed E-state index contributed by atoms with van der Waals surface area (Å²) in [6.45, 7) is 7.72. The lowest BCUT2D eigenvalue weighted by molar-refractivity contribution is 0.277. The topological polar surface area (TPSA) is 28.2 Å². The Morgan fingerprint density at radius 3 is 3.12 bits per heavy atom. The summed E-state index contributed by atoms with van der Waals surface area (Å²) in [5.41, 5.74) is 1.22. The number of aromatic nitrogens is 1. The summed E-state index contributed by atoms with van der Waals surface area (Å²) in [5.74, 6) is 0.980. The number of halogens is 1. The number of aryl methyl sites for hydroxylation is 1. The lowest BCUT2D eigenvalue weighted by atomic mass is 10.2. The Labute approximate surface area is 112 Å². The molecule has 1 unspecified atom stereocenters. The van der Waals surface area contributed by atoms with Crippen LogP contribution in [0.15, 0.2) is 16.7 Å². The van der Waals surface area contributed by atoms with Crippen molar-refractivity contribution in [1.82, 2.24) is 9.88 Å². The van der Waals surface area contributed by atoms with Crippen molar-refractivity contribution in [2.24, 2.45) is 0 Å². The number of nitrogens with one attached hydrogen (secondary N) is 1. The van der Waals surface area contributed by atoms with E-state index in [4.69, 9.17) is 0 Å². The Morgan fingerprint density at radius 1 is 1.59 bits per heavy atom. The van der Waals surface area contributed by atoms with Crippen LogP contribution in [0.5, 0.6) is 0 Å². The third kappa shape index (κ3) is 3.19. The van der Waals surface area contributed by atoms with Gasteiger partial charge in [0.25, 0.3) is 0 Å². The fourth-order valence-electron chi connectivity index (χ4n) is 2.40. The van der Waals surface area contributed by atoms with Crippen molar-refractivity contribution in [3.05, 3.63) is 22.3 Å². The van der Waals surface area contributed by atoms with Gasteiger partial charge >= 0.3 is 0 Å². The fraction of sp³-hybridized carbons (Fsp3) is 0.615. The molecule has 1 atom stereocenters. The highest BCUT2D eigenvalue weighted by Gasteiger charge is 2.22. The maximum absolute atomic E-state index is 4.37. The smallest absolute Gasteiger partial charge is 0.126 e. The predicted octanol–water partition coefficient (Wildman–Crippen LogP) is 3.05. The molecule has 1 aliphatic rings. The number of likely N-dealkylation sites (tertiary alicyclic amines) is 1. The van der Waals surface area contributed by atoms with E-state index in [1.807, 2.05) is 6.20 Å². The number of anilines is 1. The highest BCUT2D eigenvalue weighted by atomic mass is 79.9. The van der Waals surface area contributed by atoms with Gasteiger partial charge in [-0.15, -0.1) is 0 Å². The van der Waals surface area contributed by atoms with E-state index in [9.17, 15) is 0 Å². The maximum atomic E-state index is 4.37. The molecule has 1 saturated heterocycles. The largest absolute Gasteiger partial charge is 0.368 e. The third-order valence-corrected chi connectivity index (χ3v) is 4.30. The van der Waals surface area contributed by atoms with Crippen LogP contribution >= 0.6 is 15.9 Å². The molecule has 1 N–H and O–H groups in total. The second kappa shape index (κ2) is 5.83. The lowest BCUT2D eigenvalue weighted by Gasteiger charge is -2.23. The molecule has 1 aromatic heterocycles. The minimum Gasteiger partial charge on any atom is -0.368 e. The van der Waals surface area contributed by atoms with E-state index in [1.54, 1.807) is 0 Å². The zero-order valence-electron chi connectivity index (χ0n) is 10.5. The van der Waals surface area contributed by atoms with Gasteiger partial charge in [-0.05, 0) is 60.4 Å². The molecule has 94 valence electrons. The van der Waals surface area contributed by atoms with Gasteiger partial charge in [0.15, 0.2) is 0 Å². The third-order valence-electron chi connectivity index (χ3n) is 3.47. The first-order valence-corrected chi connectivity index (χ1v) is 7.10. The molecule has 0 amide bonds. The van der Waals surface area contributed by atoms with E-state index >= 15 is 0 Å². The van der Waals surface area contributed by atoms with Crippen molar-refractivity contribution in [3.63, 3.8) is 0 Å². The second-order valence-corrected chi connectivity index (χ2v) is 5.48. The first-order valence-electron chi connectivity index (χ1n) is 6.30. The summed E-state index contributed by atoms with van der Waals surface area (Å²) in [4.78, 5) is 6.91. The van der Waals surface area contributed by atoms with Crippen LogP contribution in [0.1, 0.15) is 25.3 Å². The second-order valence-electron chi connectivity index (χ2n) is 4.62. The van der Waals surface area contributed by atoms with Crippen LogP contribution in [0.25, 0.3) is 0 Å². The number of nitrogens with zero attached hydrogens (tertiary/aromatic N) is 2. The minimum absolute atomic E-state index is 0.672. The van der Waals surface area contributed by atoms with Gasteiger partial charge in [-0.2, -0.15) is 0 Å². The van der Waals surface area contributed by atoms with Crippen molar-refractivity contribution in [3.8, 4) is 0 Å². The summed E-state index contributed by atoms with van der Waals surface area (Å²) < 4.78 is 1.07. The lowest BCUT2D eigenvalue weighted by Crippen LogP contribution is -2.34. The highest BCUT2D eigenvalue weighted by Crippen LogP contribution is 2.19. The summed E-state index contributed by atoms with van der Waals surface area (Å²) in [5, 5.41) is 3.45. The highest BCUT2D eigenvalue weighted by molar-refractivity contribution is 9.10. The average Bonchev–Trinajstić information content (AvgIpc) is 2.78. The van der Waals surface area contributed by atoms with Crippen LogP contribution in [0.2, 0.25) is 0 Å². The first-order chi connectivity index (χ1) is 8.20. The molecular formula is C13H20BrN3. The summed E-state index contributed by atoms with van der Waals surface area (Å²) in [7, 11) is 0. The van der Waals surface area contributed by atoms with E-state index in [1.165, 1.54) is 24.9 Å². The van der Waals surface area contributed by atoms with Crippen LogP contribution in [-0.4, -0.2) is 35.6 Å². The number of hydrogen-bond donors (Lipinski definition) is 1. The van der Waals surface area contributed by atoms with E-state index < -0.39 is 0 Å². The monoisotopic (exact) mass is 297 g/mol. The molecule has 0 saturated carbocycles. The molecule has 1 aliphatic heterocycles. The number of rotatable bonds is 4. The minimum atomic E-state index is 0.672. The molecule has 0 aliphatic carbocycles. The molecule has 0 bridgehead atoms. The molecule has 0 aromatic carbocycles. The van der Waals surface area contributed by atoms with Crippen molar-refractivity contribution >= 4 is 21.7 Å². The Balaban J connectivity index is 1.91. The van der Waals surface area contributed by atoms with Crippen LogP contribution in [-0.2, 0) is 0 Å². The van der Waals surface area contributed by atoms with Gasteiger partial charge in [0.2, 0.25) is 0 Å². The van der Waals surface area contributed by atoms with Crippen molar-refractivity contribution in [2.75, 3.05) is 25.0 Å². The summed E-state index contributed by atoms with van der Waals surface area (Å²) in [6.07, 6.45) is 4.49. The Bertz CT molecular complexity index is 381. The van der Waals surface area contributed by atoms with Crippen LogP contribution in [0.4, 0.5) is 5.82 Å². The summed E-state index contributed by atoms with van der Waals surface area (Å²) in [6, 6.07) is 2.76. The van der Waals surface area contributed by atoms with Crippen LogP contribution in [0, 0.1) is 6.92 Å². The normalized spacial score (nSPS) is 20.8. The summed E-state index contributed by atoms with van der Waals surface area (Å²) >= 11 is 3.47. The SMILES string of the molecule is CCN1CCCC1CNc1cc(C)c(Br)cn1. The first kappa shape index (κ1) is 12.8. The van der Waals surface area contributed by atoms with Crippen LogP contribution in [0.3, 0.4) is 0 Å². The van der Waals surface area contributed by atoms with Crippen molar-refractivity contribution < 1.29 is 0 Å². The Kier molecular flexibility index (Phi) is 4.40. The zero-order chi connectivity index (χ0) is 12.3. The molecule has 2 rings (SSSR count). The number of likely N-dealkylation sites (N-methyl/N-ethyl adjacent to an activating group) is 1. The fourth-order valence-corrected chi connectivity index (χ4v) is 2.62. The molecule has 0 spiro atoms. The standard InChI is InChI=1S/C13H20BrN3/c1-3-17-6-4-5-11(17)8-15-13-7-10(2)12(14)9-16-13/h7,9,11H,3-6,8H2,1-2H3,(H,15,16). The molecular weight excluding hydrogens is 278 g/mol. The zero-order valence-corrected chi connectivity index (χ0v) is 12.1. The molecule has 1 fully saturated rings. The van der Waals surface area contributed by atoms with Gasteiger partial charge < -0.3 is 5.32 Å². The molecule has 1 aromatic rings. The number of pyridine rings is 1. The van der Waals surface area contributed by atoms with Gasteiger partial charge in [0.05, 0.1) is 0 Å². The van der Waals surface area contributed by atoms with Gasteiger partial charge in [-0.25, -0.2) is 4.98 Å². The van der Waals surface area contributed by atoms with E-state index in [0.717, 1.165) is 23.4 Å². The maximum Gasteiger partial charge on any atom is 0.126 e. The van der Waals surface area contributed by atoms with Crippen molar-refractivity contribution in [1.29, 1.82) is 0 Å². The van der Waals surface area contributed by atoms with E-state index in [-0.39, 0.29) is 0 Å². The molecule has 3 nitrogen and oxygen atoms in total. The number of hydrogen-bond acceptors (Lipinski definition) is 3. The van der Waals surface area contributed by atoms with E-state index in [0.29, 0.717) is 6.04 Å². The Hall–Kier alpha value is -0.610. The molecule has 0 radical (unpaired) electrons. The Morgan fingerprint density at radius 2 is 2.41 bits per heavy atom. The molecule has 17 heavy (non-hydrogen) atoms. The van der Waals surface area contributed by atoms with Gasteiger partial charge in [-0.1, -0.05) is 6.92 Å². The van der Waals surface area contributed by atoms with Crippen molar-refractivity contribution in [2.45, 2.75) is 32.7 Å². The van der Waals surface area contributed by atoms with E-state index in [2.05, 4.69) is 51.0 Å². The quantitative estimate of drug-likeness (QED) is 0.926. The molecule has 4 heteroatoms. The average molecular weight is 298 g/mol. The van der Waals surface area contributed by atoms with Gasteiger partial charge in [0, 0.05) is 23.3 Å². The predicted molar refractivity (Wildman–Crippen MR) is 75.4 cm³/mol.